The first-order valence-corrected chi connectivity index (χ1v) is 7.64. The minimum absolute atomic E-state index is 0.0550. The summed E-state index contributed by atoms with van der Waals surface area (Å²) in [6, 6.07) is 5.11. The molecule has 20 heavy (non-hydrogen) atoms. The van der Waals surface area contributed by atoms with Crippen LogP contribution < -0.4 is 5.32 Å². The third-order valence-electron chi connectivity index (χ3n) is 4.28. The highest BCUT2D eigenvalue weighted by molar-refractivity contribution is 5.96. The Morgan fingerprint density at radius 3 is 2.95 bits per heavy atom. The van der Waals surface area contributed by atoms with Crippen LogP contribution in [0.4, 0.5) is 0 Å². The van der Waals surface area contributed by atoms with Gasteiger partial charge >= 0.3 is 0 Å². The van der Waals surface area contributed by atoms with Gasteiger partial charge in [0, 0.05) is 6.54 Å². The van der Waals surface area contributed by atoms with E-state index in [1.807, 2.05) is 6.92 Å². The lowest BCUT2D eigenvalue weighted by atomic mass is 9.81. The van der Waals surface area contributed by atoms with Crippen molar-refractivity contribution in [1.82, 2.24) is 5.32 Å². The van der Waals surface area contributed by atoms with Gasteiger partial charge in [0.25, 0.3) is 5.91 Å². The fraction of sp³-hybridized carbons (Fsp3) is 0.588. The third kappa shape index (κ3) is 3.99. The molecule has 0 spiro atoms. The summed E-state index contributed by atoms with van der Waals surface area (Å²) in [5.74, 6) is 1.45. The molecule has 1 amide bonds. The molecule has 3 nitrogen and oxygen atoms in total. The Morgan fingerprint density at radius 1 is 1.40 bits per heavy atom. The zero-order valence-corrected chi connectivity index (χ0v) is 12.5. The zero-order chi connectivity index (χ0) is 14.5. The maximum atomic E-state index is 12.1. The molecule has 2 N–H and O–H groups in total. The van der Waals surface area contributed by atoms with Crippen LogP contribution in [0.2, 0.25) is 0 Å². The number of aryl methyl sites for hydroxylation is 1. The summed E-state index contributed by atoms with van der Waals surface area (Å²) in [6.45, 7) is 4.93. The number of phenols is 1. The fourth-order valence-corrected chi connectivity index (χ4v) is 3.14. The molecule has 0 heterocycles. The average molecular weight is 275 g/mol. The maximum Gasteiger partial charge on any atom is 0.255 e. The molecule has 1 aromatic carbocycles. The molecular weight excluding hydrogens is 250 g/mol. The number of benzene rings is 1. The Balaban J connectivity index is 1.81. The van der Waals surface area contributed by atoms with Gasteiger partial charge in [0.1, 0.15) is 5.75 Å². The van der Waals surface area contributed by atoms with Gasteiger partial charge in [-0.25, -0.2) is 0 Å². The van der Waals surface area contributed by atoms with E-state index < -0.39 is 0 Å². The molecule has 3 heteroatoms. The highest BCUT2D eigenvalue weighted by Crippen LogP contribution is 2.30. The number of phenolic OH excluding ortho intramolecular Hbond substituents is 1. The normalized spacial score (nSPS) is 22.5. The van der Waals surface area contributed by atoms with E-state index in [-0.39, 0.29) is 11.7 Å². The second-order valence-electron chi connectivity index (χ2n) is 6.20. The summed E-state index contributed by atoms with van der Waals surface area (Å²) in [5.41, 5.74) is 1.36. The first-order valence-electron chi connectivity index (χ1n) is 7.64. The fourth-order valence-electron chi connectivity index (χ4n) is 3.14. The summed E-state index contributed by atoms with van der Waals surface area (Å²) in [5, 5.41) is 12.7. The molecule has 1 aromatic rings. The van der Waals surface area contributed by atoms with Crippen molar-refractivity contribution in [3.8, 4) is 5.75 Å². The summed E-state index contributed by atoms with van der Waals surface area (Å²) in [4.78, 5) is 12.1. The average Bonchev–Trinajstić information content (AvgIpc) is 2.41. The minimum Gasteiger partial charge on any atom is -0.507 e. The van der Waals surface area contributed by atoms with Gasteiger partial charge in [-0.3, -0.25) is 4.79 Å². The van der Waals surface area contributed by atoms with Crippen molar-refractivity contribution in [3.05, 3.63) is 29.3 Å². The first-order chi connectivity index (χ1) is 9.56. The van der Waals surface area contributed by atoms with Gasteiger partial charge in [0.2, 0.25) is 0 Å². The van der Waals surface area contributed by atoms with Crippen LogP contribution in [0.3, 0.4) is 0 Å². The lowest BCUT2D eigenvalue weighted by molar-refractivity contribution is 0.0947. The van der Waals surface area contributed by atoms with E-state index in [0.29, 0.717) is 12.1 Å². The largest absolute Gasteiger partial charge is 0.507 e. The van der Waals surface area contributed by atoms with Gasteiger partial charge in [-0.2, -0.15) is 0 Å². The second-order valence-corrected chi connectivity index (χ2v) is 6.20. The van der Waals surface area contributed by atoms with E-state index >= 15 is 0 Å². The highest BCUT2D eigenvalue weighted by atomic mass is 16.3. The van der Waals surface area contributed by atoms with Crippen molar-refractivity contribution in [2.24, 2.45) is 11.8 Å². The van der Waals surface area contributed by atoms with Crippen molar-refractivity contribution in [1.29, 1.82) is 0 Å². The van der Waals surface area contributed by atoms with Crippen LogP contribution in [0.5, 0.6) is 5.75 Å². The second kappa shape index (κ2) is 6.78. The van der Waals surface area contributed by atoms with Crippen molar-refractivity contribution in [2.75, 3.05) is 6.54 Å². The van der Waals surface area contributed by atoms with E-state index in [4.69, 9.17) is 0 Å². The number of aromatic hydroxyl groups is 1. The Kier molecular flexibility index (Phi) is 5.05. The Bertz CT molecular complexity index is 470. The number of amides is 1. The molecule has 1 aliphatic rings. The quantitative estimate of drug-likeness (QED) is 0.881. The summed E-state index contributed by atoms with van der Waals surface area (Å²) >= 11 is 0. The zero-order valence-electron chi connectivity index (χ0n) is 12.5. The van der Waals surface area contributed by atoms with E-state index in [9.17, 15) is 9.90 Å². The van der Waals surface area contributed by atoms with E-state index in [1.165, 1.54) is 25.7 Å². The lowest BCUT2D eigenvalue weighted by Gasteiger charge is -2.26. The van der Waals surface area contributed by atoms with Gasteiger partial charge in [0.15, 0.2) is 0 Å². The molecule has 0 radical (unpaired) electrons. The molecule has 2 unspecified atom stereocenters. The number of hydrogen-bond acceptors (Lipinski definition) is 2. The van der Waals surface area contributed by atoms with Crippen LogP contribution in [0, 0.1) is 18.8 Å². The van der Waals surface area contributed by atoms with Crippen LogP contribution >= 0.6 is 0 Å². The monoisotopic (exact) mass is 275 g/mol. The smallest absolute Gasteiger partial charge is 0.255 e. The van der Waals surface area contributed by atoms with Gasteiger partial charge in [-0.05, 0) is 43.7 Å². The van der Waals surface area contributed by atoms with Crippen molar-refractivity contribution in [2.45, 2.75) is 46.0 Å². The molecule has 0 bridgehead atoms. The Labute approximate surface area is 121 Å². The molecule has 110 valence electrons. The number of carbonyl (C=O) groups is 1. The predicted molar refractivity (Wildman–Crippen MR) is 80.9 cm³/mol. The molecule has 0 aliphatic heterocycles. The molecule has 1 fully saturated rings. The van der Waals surface area contributed by atoms with Gasteiger partial charge in [0.05, 0.1) is 5.56 Å². The number of carbonyl (C=O) groups excluding carboxylic acids is 1. The third-order valence-corrected chi connectivity index (χ3v) is 4.28. The van der Waals surface area contributed by atoms with Crippen molar-refractivity contribution >= 4 is 5.91 Å². The molecule has 1 saturated carbocycles. The summed E-state index contributed by atoms with van der Waals surface area (Å²) in [6.07, 6.45) is 6.28. The Hall–Kier alpha value is -1.51. The van der Waals surface area contributed by atoms with Crippen LogP contribution in [0.15, 0.2) is 18.2 Å². The SMILES string of the molecule is Cc1ccc(O)c(C(=O)NCCC2CCCC(C)C2)c1. The van der Waals surface area contributed by atoms with Crippen molar-refractivity contribution in [3.63, 3.8) is 0 Å². The van der Waals surface area contributed by atoms with E-state index in [1.54, 1.807) is 18.2 Å². The summed E-state index contributed by atoms with van der Waals surface area (Å²) < 4.78 is 0. The van der Waals surface area contributed by atoms with Crippen molar-refractivity contribution < 1.29 is 9.90 Å². The molecule has 0 saturated heterocycles. The van der Waals surface area contributed by atoms with Crippen LogP contribution in [-0.2, 0) is 0 Å². The molecule has 2 rings (SSSR count). The molecule has 2 atom stereocenters. The number of hydrogen-bond donors (Lipinski definition) is 2. The molecular formula is C17H25NO2. The van der Waals surface area contributed by atoms with E-state index in [2.05, 4.69) is 12.2 Å². The molecule has 1 aliphatic carbocycles. The van der Waals surface area contributed by atoms with Crippen LogP contribution in [-0.4, -0.2) is 17.6 Å². The molecule has 0 aromatic heterocycles. The summed E-state index contributed by atoms with van der Waals surface area (Å²) in [7, 11) is 0. The van der Waals surface area contributed by atoms with Crippen LogP contribution in [0.25, 0.3) is 0 Å². The maximum absolute atomic E-state index is 12.1. The highest BCUT2D eigenvalue weighted by Gasteiger charge is 2.19. The van der Waals surface area contributed by atoms with Gasteiger partial charge < -0.3 is 10.4 Å². The Morgan fingerprint density at radius 2 is 2.20 bits per heavy atom. The van der Waals surface area contributed by atoms with E-state index in [0.717, 1.165) is 23.8 Å². The predicted octanol–water partition coefficient (Wildman–Crippen LogP) is 3.65. The first kappa shape index (κ1) is 14.9. The van der Waals surface area contributed by atoms with Gasteiger partial charge in [-0.15, -0.1) is 0 Å². The number of rotatable bonds is 4. The standard InChI is InChI=1S/C17H25NO2/c1-12-4-3-5-14(10-12)8-9-18-17(20)15-11-13(2)6-7-16(15)19/h6-7,11-12,14,19H,3-5,8-10H2,1-2H3,(H,18,20). The van der Waals surface area contributed by atoms with Gasteiger partial charge in [-0.1, -0.05) is 37.8 Å². The lowest BCUT2D eigenvalue weighted by Crippen LogP contribution is -2.27. The van der Waals surface area contributed by atoms with Crippen LogP contribution in [0.1, 0.15) is 54.9 Å². The topological polar surface area (TPSA) is 49.3 Å². The number of nitrogens with one attached hydrogen (secondary N) is 1. The minimum atomic E-state index is -0.171.